The van der Waals surface area contributed by atoms with Crippen molar-refractivity contribution in [2.75, 3.05) is 13.1 Å². The maximum absolute atomic E-state index is 6.06. The van der Waals surface area contributed by atoms with Crippen molar-refractivity contribution in [2.24, 2.45) is 5.41 Å². The van der Waals surface area contributed by atoms with Gasteiger partial charge in [-0.3, -0.25) is 4.90 Å². The summed E-state index contributed by atoms with van der Waals surface area (Å²) in [6.07, 6.45) is 2.57. The van der Waals surface area contributed by atoms with Crippen LogP contribution in [0, 0.1) is 12.3 Å². The van der Waals surface area contributed by atoms with Gasteiger partial charge in [0.25, 0.3) is 0 Å². The van der Waals surface area contributed by atoms with Crippen LogP contribution in [-0.4, -0.2) is 23.5 Å². The van der Waals surface area contributed by atoms with Crippen LogP contribution in [-0.2, 0) is 13.1 Å². The van der Waals surface area contributed by atoms with Gasteiger partial charge in [0.1, 0.15) is 11.5 Å². The van der Waals surface area contributed by atoms with E-state index >= 15 is 0 Å². The Hall–Kier alpha value is -0.800. The molecule has 1 saturated heterocycles. The van der Waals surface area contributed by atoms with Crippen molar-refractivity contribution in [3.05, 3.63) is 23.2 Å². The van der Waals surface area contributed by atoms with Crippen molar-refractivity contribution >= 4 is 0 Å². The lowest BCUT2D eigenvalue weighted by molar-refractivity contribution is 0.119. The van der Waals surface area contributed by atoms with Gasteiger partial charge in [0.2, 0.25) is 0 Å². The number of likely N-dealkylation sites (tertiary alicyclic amines) is 1. The summed E-state index contributed by atoms with van der Waals surface area (Å²) in [5, 5.41) is 3.50. The molecule has 2 heterocycles. The molecule has 1 aliphatic heterocycles. The smallest absolute Gasteiger partial charge is 0.120 e. The van der Waals surface area contributed by atoms with E-state index in [1.165, 1.54) is 31.5 Å². The van der Waals surface area contributed by atoms with E-state index in [1.54, 1.807) is 0 Å². The maximum atomic E-state index is 6.06. The van der Waals surface area contributed by atoms with Gasteiger partial charge in [-0.1, -0.05) is 13.8 Å². The quantitative estimate of drug-likeness (QED) is 0.905. The first-order valence-corrected chi connectivity index (χ1v) is 8.20. The molecule has 21 heavy (non-hydrogen) atoms. The largest absolute Gasteiger partial charge is 0.463 e. The van der Waals surface area contributed by atoms with Crippen LogP contribution in [0.5, 0.6) is 0 Å². The van der Waals surface area contributed by atoms with E-state index in [1.807, 2.05) is 0 Å². The standard InChI is InChI=1S/C18H32N2O/c1-14-11-15(21-16(14)12-19-17(2,3)4)13-20-9-7-18(5,6)8-10-20/h11,19H,7-10,12-13H2,1-6H3. The van der Waals surface area contributed by atoms with Crippen LogP contribution in [0.2, 0.25) is 0 Å². The molecule has 0 unspecified atom stereocenters. The third-order valence-electron chi connectivity index (χ3n) is 4.44. The molecule has 120 valence electrons. The molecule has 0 aliphatic carbocycles. The molecule has 0 spiro atoms. The van der Waals surface area contributed by atoms with Crippen LogP contribution in [0.4, 0.5) is 0 Å². The number of aryl methyl sites for hydroxylation is 1. The van der Waals surface area contributed by atoms with E-state index in [0.717, 1.165) is 24.6 Å². The molecule has 0 atom stereocenters. The summed E-state index contributed by atoms with van der Waals surface area (Å²) < 4.78 is 6.06. The highest BCUT2D eigenvalue weighted by Crippen LogP contribution is 2.30. The Morgan fingerprint density at radius 2 is 1.86 bits per heavy atom. The molecular weight excluding hydrogens is 260 g/mol. The molecule has 3 nitrogen and oxygen atoms in total. The van der Waals surface area contributed by atoms with Crippen molar-refractivity contribution in [1.82, 2.24) is 10.2 Å². The molecule has 0 amide bonds. The third kappa shape index (κ3) is 5.15. The van der Waals surface area contributed by atoms with Crippen LogP contribution >= 0.6 is 0 Å². The van der Waals surface area contributed by atoms with Gasteiger partial charge < -0.3 is 9.73 Å². The van der Waals surface area contributed by atoms with E-state index < -0.39 is 0 Å². The minimum absolute atomic E-state index is 0.123. The van der Waals surface area contributed by atoms with Gasteiger partial charge in [-0.2, -0.15) is 0 Å². The Balaban J connectivity index is 1.90. The van der Waals surface area contributed by atoms with Gasteiger partial charge in [-0.25, -0.2) is 0 Å². The van der Waals surface area contributed by atoms with Crippen molar-refractivity contribution in [3.63, 3.8) is 0 Å². The van der Waals surface area contributed by atoms with Crippen molar-refractivity contribution < 1.29 is 4.42 Å². The van der Waals surface area contributed by atoms with Crippen LogP contribution in [0.3, 0.4) is 0 Å². The summed E-state index contributed by atoms with van der Waals surface area (Å²) in [6.45, 7) is 17.6. The van der Waals surface area contributed by atoms with Crippen LogP contribution < -0.4 is 5.32 Å². The zero-order valence-corrected chi connectivity index (χ0v) is 14.7. The molecule has 2 rings (SSSR count). The SMILES string of the molecule is Cc1cc(CN2CCC(C)(C)CC2)oc1CNC(C)(C)C. The molecule has 1 fully saturated rings. The van der Waals surface area contributed by atoms with E-state index in [4.69, 9.17) is 4.42 Å². The van der Waals surface area contributed by atoms with Crippen LogP contribution in [0.1, 0.15) is 64.5 Å². The molecule has 1 N–H and O–H groups in total. The second-order valence-electron chi connectivity index (χ2n) is 8.36. The number of rotatable bonds is 4. The van der Waals surface area contributed by atoms with Gasteiger partial charge in [-0.05, 0) is 70.7 Å². The van der Waals surface area contributed by atoms with E-state index in [2.05, 4.69) is 57.8 Å². The molecule has 1 aromatic rings. The first-order valence-electron chi connectivity index (χ1n) is 8.20. The Kier molecular flexibility index (Phi) is 4.84. The van der Waals surface area contributed by atoms with Gasteiger partial charge in [0.05, 0.1) is 13.1 Å². The molecule has 1 aromatic heterocycles. The van der Waals surface area contributed by atoms with Crippen molar-refractivity contribution in [3.8, 4) is 0 Å². The highest BCUT2D eigenvalue weighted by molar-refractivity contribution is 5.20. The van der Waals surface area contributed by atoms with Crippen LogP contribution in [0.15, 0.2) is 10.5 Å². The molecule has 1 aliphatic rings. The summed E-state index contributed by atoms with van der Waals surface area (Å²) in [4.78, 5) is 2.52. The molecule has 0 aromatic carbocycles. The average molecular weight is 292 g/mol. The molecule has 0 saturated carbocycles. The lowest BCUT2D eigenvalue weighted by atomic mass is 9.83. The fraction of sp³-hybridized carbons (Fsp3) is 0.778. The fourth-order valence-electron chi connectivity index (χ4n) is 2.73. The summed E-state index contributed by atoms with van der Waals surface area (Å²) in [5.41, 5.74) is 1.90. The zero-order valence-electron chi connectivity index (χ0n) is 14.7. The van der Waals surface area contributed by atoms with E-state index in [9.17, 15) is 0 Å². The van der Waals surface area contributed by atoms with Crippen molar-refractivity contribution in [2.45, 2.75) is 73.0 Å². The topological polar surface area (TPSA) is 28.4 Å². The van der Waals surface area contributed by atoms with Gasteiger partial charge in [0.15, 0.2) is 0 Å². The molecule has 3 heteroatoms. The predicted octanol–water partition coefficient (Wildman–Crippen LogP) is 4.10. The Bertz CT molecular complexity index is 458. The Labute approximate surface area is 130 Å². The lowest BCUT2D eigenvalue weighted by Crippen LogP contribution is -2.36. The highest BCUT2D eigenvalue weighted by atomic mass is 16.3. The second kappa shape index (κ2) is 6.13. The van der Waals surface area contributed by atoms with Gasteiger partial charge in [-0.15, -0.1) is 0 Å². The summed E-state index contributed by atoms with van der Waals surface area (Å²) in [5.74, 6) is 2.19. The first kappa shape index (κ1) is 16.6. The molecular formula is C18H32N2O. The minimum atomic E-state index is 0.123. The lowest BCUT2D eigenvalue weighted by Gasteiger charge is -2.36. The first-order chi connectivity index (χ1) is 9.65. The number of nitrogens with one attached hydrogen (secondary N) is 1. The fourth-order valence-corrected chi connectivity index (χ4v) is 2.73. The van der Waals surface area contributed by atoms with E-state index in [0.29, 0.717) is 5.41 Å². The normalized spacial score (nSPS) is 19.9. The van der Waals surface area contributed by atoms with Gasteiger partial charge >= 0.3 is 0 Å². The van der Waals surface area contributed by atoms with Gasteiger partial charge in [0, 0.05) is 5.54 Å². The summed E-state index contributed by atoms with van der Waals surface area (Å²) in [6, 6.07) is 2.21. The minimum Gasteiger partial charge on any atom is -0.463 e. The summed E-state index contributed by atoms with van der Waals surface area (Å²) in [7, 11) is 0. The maximum Gasteiger partial charge on any atom is 0.120 e. The predicted molar refractivity (Wildman–Crippen MR) is 88.3 cm³/mol. The van der Waals surface area contributed by atoms with Crippen molar-refractivity contribution in [1.29, 1.82) is 0 Å². The molecule has 0 bridgehead atoms. The van der Waals surface area contributed by atoms with E-state index in [-0.39, 0.29) is 5.54 Å². The number of hydrogen-bond donors (Lipinski definition) is 1. The zero-order chi connectivity index (χ0) is 15.7. The number of hydrogen-bond acceptors (Lipinski definition) is 3. The van der Waals surface area contributed by atoms with Crippen LogP contribution in [0.25, 0.3) is 0 Å². The Morgan fingerprint density at radius 1 is 1.24 bits per heavy atom. The monoisotopic (exact) mass is 292 g/mol. The summed E-state index contributed by atoms with van der Waals surface area (Å²) >= 11 is 0. The highest BCUT2D eigenvalue weighted by Gasteiger charge is 2.25. The average Bonchev–Trinajstić information content (AvgIpc) is 2.69. The molecule has 0 radical (unpaired) electrons. The number of furan rings is 1. The third-order valence-corrected chi connectivity index (χ3v) is 4.44. The second-order valence-corrected chi connectivity index (χ2v) is 8.36. The Morgan fingerprint density at radius 3 is 2.43 bits per heavy atom. The number of nitrogens with zero attached hydrogens (tertiary/aromatic N) is 1. The number of piperidine rings is 1.